The molecule has 0 amide bonds. The fourth-order valence-electron chi connectivity index (χ4n) is 3.18. The number of hydrogen-bond acceptors (Lipinski definition) is 5. The predicted octanol–water partition coefficient (Wildman–Crippen LogP) is 3.08. The Hall–Kier alpha value is -1.69. The number of ether oxygens (including phenoxy) is 1. The van der Waals surface area contributed by atoms with Crippen molar-refractivity contribution in [3.8, 4) is 0 Å². The van der Waals surface area contributed by atoms with Crippen LogP contribution >= 0.6 is 0 Å². The second kappa shape index (κ2) is 9.70. The van der Waals surface area contributed by atoms with Gasteiger partial charge in [-0.1, -0.05) is 42.4 Å². The molecule has 2 heterocycles. The first-order chi connectivity index (χ1) is 12.3. The Kier molecular flexibility index (Phi) is 7.03. The maximum Gasteiger partial charge on any atom is 0.150 e. The topological polar surface area (TPSA) is 59.3 Å². The van der Waals surface area contributed by atoms with E-state index in [0.29, 0.717) is 18.4 Å². The summed E-state index contributed by atoms with van der Waals surface area (Å²) < 4.78 is 11.3. The minimum atomic E-state index is 0.454. The molecule has 1 aliphatic rings. The zero-order valence-electron chi connectivity index (χ0n) is 15.0. The minimum Gasteiger partial charge on any atom is -0.376 e. The molecule has 2 N–H and O–H groups in total. The molecule has 0 bridgehead atoms. The zero-order valence-corrected chi connectivity index (χ0v) is 15.0. The maximum absolute atomic E-state index is 5.79. The third-order valence-electron chi connectivity index (χ3n) is 4.64. The highest BCUT2D eigenvalue weighted by molar-refractivity contribution is 5.13. The number of benzene rings is 1. The first-order valence-electron chi connectivity index (χ1n) is 9.30. The molecule has 136 valence electrons. The fraction of sp³-hybridized carbons (Fsp3) is 0.550. The Morgan fingerprint density at radius 1 is 1.28 bits per heavy atom. The van der Waals surface area contributed by atoms with E-state index in [1.165, 1.54) is 5.56 Å². The molecule has 1 aromatic heterocycles. The average Bonchev–Trinajstić information content (AvgIpc) is 3.12. The van der Waals surface area contributed by atoms with Crippen molar-refractivity contribution >= 4 is 0 Å². The zero-order chi connectivity index (χ0) is 17.3. The van der Waals surface area contributed by atoms with Crippen molar-refractivity contribution in [1.29, 1.82) is 0 Å². The molecule has 3 rings (SSSR count). The van der Waals surface area contributed by atoms with E-state index in [1.807, 2.05) is 18.2 Å². The van der Waals surface area contributed by atoms with Crippen LogP contribution in [-0.2, 0) is 17.9 Å². The Bertz CT molecular complexity index is 608. The Morgan fingerprint density at radius 3 is 2.88 bits per heavy atom. The van der Waals surface area contributed by atoms with Crippen LogP contribution < -0.4 is 10.6 Å². The molecule has 0 spiro atoms. The van der Waals surface area contributed by atoms with Crippen LogP contribution in [0.4, 0.5) is 0 Å². The molecule has 1 aromatic carbocycles. The molecule has 25 heavy (non-hydrogen) atoms. The summed E-state index contributed by atoms with van der Waals surface area (Å²) in [6, 6.07) is 12.4. The van der Waals surface area contributed by atoms with Gasteiger partial charge in [0, 0.05) is 18.5 Å². The summed E-state index contributed by atoms with van der Waals surface area (Å²) in [7, 11) is 0. The van der Waals surface area contributed by atoms with Crippen molar-refractivity contribution in [2.75, 3.05) is 26.2 Å². The summed E-state index contributed by atoms with van der Waals surface area (Å²) >= 11 is 0. The van der Waals surface area contributed by atoms with E-state index in [1.54, 1.807) is 0 Å². The first kappa shape index (κ1) is 18.1. The molecule has 0 radical (unpaired) electrons. The molecular formula is C20H29N3O2. The van der Waals surface area contributed by atoms with Crippen LogP contribution in [0.3, 0.4) is 0 Å². The van der Waals surface area contributed by atoms with Gasteiger partial charge in [-0.3, -0.25) is 0 Å². The number of rotatable bonds is 9. The van der Waals surface area contributed by atoms with E-state index in [0.717, 1.165) is 57.1 Å². The highest BCUT2D eigenvalue weighted by atomic mass is 16.5. The smallest absolute Gasteiger partial charge is 0.150 e. The van der Waals surface area contributed by atoms with Gasteiger partial charge in [-0.2, -0.15) is 0 Å². The van der Waals surface area contributed by atoms with Gasteiger partial charge in [-0.05, 0) is 37.4 Å². The highest BCUT2D eigenvalue weighted by Crippen LogP contribution is 2.24. The summed E-state index contributed by atoms with van der Waals surface area (Å²) in [6.07, 6.45) is 2.30. The third-order valence-corrected chi connectivity index (χ3v) is 4.64. The van der Waals surface area contributed by atoms with Crippen molar-refractivity contribution < 1.29 is 9.26 Å². The number of piperidine rings is 1. The molecule has 1 atom stereocenters. The lowest BCUT2D eigenvalue weighted by atomic mass is 9.95. The lowest BCUT2D eigenvalue weighted by Crippen LogP contribution is -2.26. The van der Waals surface area contributed by atoms with E-state index in [2.05, 4.69) is 40.9 Å². The first-order valence-corrected chi connectivity index (χ1v) is 9.30. The Morgan fingerprint density at radius 2 is 2.08 bits per heavy atom. The third kappa shape index (κ3) is 5.96. The highest BCUT2D eigenvalue weighted by Gasteiger charge is 2.19. The van der Waals surface area contributed by atoms with Gasteiger partial charge >= 0.3 is 0 Å². The van der Waals surface area contributed by atoms with Gasteiger partial charge in [0.05, 0.1) is 25.5 Å². The summed E-state index contributed by atoms with van der Waals surface area (Å²) in [5, 5.41) is 11.1. The number of nitrogens with zero attached hydrogens (tertiary/aromatic N) is 1. The molecule has 1 unspecified atom stereocenters. The molecule has 0 aliphatic carbocycles. The van der Waals surface area contributed by atoms with Crippen LogP contribution in [0.5, 0.6) is 0 Å². The number of nitrogens with one attached hydrogen (secondary N) is 2. The van der Waals surface area contributed by atoms with Crippen molar-refractivity contribution in [3.63, 3.8) is 0 Å². The van der Waals surface area contributed by atoms with E-state index >= 15 is 0 Å². The fourth-order valence-corrected chi connectivity index (χ4v) is 3.18. The largest absolute Gasteiger partial charge is 0.376 e. The van der Waals surface area contributed by atoms with Gasteiger partial charge in [0.15, 0.2) is 5.76 Å². The lowest BCUT2D eigenvalue weighted by Gasteiger charge is -2.19. The molecule has 5 heteroatoms. The second-order valence-electron chi connectivity index (χ2n) is 6.98. The van der Waals surface area contributed by atoms with Gasteiger partial charge in [0.2, 0.25) is 0 Å². The van der Waals surface area contributed by atoms with E-state index in [-0.39, 0.29) is 0 Å². The lowest BCUT2D eigenvalue weighted by molar-refractivity contribution is 0.0915. The molecule has 1 aliphatic heterocycles. The molecule has 1 fully saturated rings. The van der Waals surface area contributed by atoms with Gasteiger partial charge < -0.3 is 19.9 Å². The predicted molar refractivity (Wildman–Crippen MR) is 98.3 cm³/mol. The second-order valence-corrected chi connectivity index (χ2v) is 6.98. The van der Waals surface area contributed by atoms with Gasteiger partial charge in [0.1, 0.15) is 0 Å². The van der Waals surface area contributed by atoms with E-state index in [4.69, 9.17) is 9.26 Å². The molecule has 5 nitrogen and oxygen atoms in total. The molecule has 2 aromatic rings. The van der Waals surface area contributed by atoms with Crippen molar-refractivity contribution in [3.05, 3.63) is 53.4 Å². The minimum absolute atomic E-state index is 0.454. The molecule has 0 saturated carbocycles. The SMILES string of the molecule is CC(CNCc1cc(C2CCNCC2)no1)COCc1ccccc1. The summed E-state index contributed by atoms with van der Waals surface area (Å²) in [6.45, 7) is 7.39. The van der Waals surface area contributed by atoms with Crippen LogP contribution in [0.2, 0.25) is 0 Å². The quantitative estimate of drug-likeness (QED) is 0.733. The van der Waals surface area contributed by atoms with Crippen LogP contribution in [0.25, 0.3) is 0 Å². The standard InChI is InChI=1S/C20H29N3O2/c1-16(14-24-15-17-5-3-2-4-6-17)12-22-13-19-11-20(23-25-19)18-7-9-21-10-8-18/h2-6,11,16,18,21-22H,7-10,12-15H2,1H3. The molecular weight excluding hydrogens is 314 g/mol. The van der Waals surface area contributed by atoms with Crippen LogP contribution in [-0.4, -0.2) is 31.4 Å². The van der Waals surface area contributed by atoms with Crippen molar-refractivity contribution in [2.24, 2.45) is 5.92 Å². The summed E-state index contributed by atoms with van der Waals surface area (Å²) in [5.74, 6) is 1.92. The Balaban J connectivity index is 1.31. The van der Waals surface area contributed by atoms with E-state index < -0.39 is 0 Å². The number of hydrogen-bond donors (Lipinski definition) is 2. The van der Waals surface area contributed by atoms with Gasteiger partial charge in [-0.25, -0.2) is 0 Å². The van der Waals surface area contributed by atoms with Gasteiger partial charge in [0.25, 0.3) is 0 Å². The van der Waals surface area contributed by atoms with Crippen LogP contribution in [0, 0.1) is 5.92 Å². The van der Waals surface area contributed by atoms with E-state index in [9.17, 15) is 0 Å². The average molecular weight is 343 g/mol. The van der Waals surface area contributed by atoms with Gasteiger partial charge in [-0.15, -0.1) is 0 Å². The summed E-state index contributed by atoms with van der Waals surface area (Å²) in [4.78, 5) is 0. The molecule has 1 saturated heterocycles. The monoisotopic (exact) mass is 343 g/mol. The van der Waals surface area contributed by atoms with Crippen LogP contribution in [0.1, 0.15) is 42.7 Å². The normalized spacial score (nSPS) is 16.8. The van der Waals surface area contributed by atoms with Crippen molar-refractivity contribution in [2.45, 2.75) is 38.8 Å². The number of aromatic nitrogens is 1. The summed E-state index contributed by atoms with van der Waals surface area (Å²) in [5.41, 5.74) is 2.33. The Labute approximate surface area is 150 Å². The van der Waals surface area contributed by atoms with Crippen LogP contribution in [0.15, 0.2) is 40.9 Å². The van der Waals surface area contributed by atoms with Crippen molar-refractivity contribution in [1.82, 2.24) is 15.8 Å². The maximum atomic E-state index is 5.79.